The van der Waals surface area contributed by atoms with Crippen LogP contribution >= 0.6 is 0 Å². The van der Waals surface area contributed by atoms with Crippen molar-refractivity contribution in [2.75, 3.05) is 13.2 Å². The van der Waals surface area contributed by atoms with Crippen LogP contribution in [0.4, 0.5) is 0 Å². The molecule has 0 fully saturated rings. The Morgan fingerprint density at radius 1 is 1.28 bits per heavy atom. The summed E-state index contributed by atoms with van der Waals surface area (Å²) < 4.78 is 10.9. The van der Waals surface area contributed by atoms with Gasteiger partial charge in [0.25, 0.3) is 0 Å². The molecule has 3 rings (SSSR count). The topological polar surface area (TPSA) is 77.5 Å². The first-order valence-electron chi connectivity index (χ1n) is 10.1. The third-order valence-corrected chi connectivity index (χ3v) is 5.21. The second kappa shape index (κ2) is 8.49. The fourth-order valence-corrected chi connectivity index (χ4v) is 4.05. The quantitative estimate of drug-likeness (QED) is 0.582. The number of nitrogens with one attached hydrogen (secondary N) is 1. The third-order valence-electron chi connectivity index (χ3n) is 5.21. The molecular weight excluding hydrogens is 368 g/mol. The number of carbonyl (C=O) groups excluding carboxylic acids is 2. The highest BCUT2D eigenvalue weighted by molar-refractivity contribution is 6.04. The minimum atomic E-state index is -0.519. The van der Waals surface area contributed by atoms with E-state index in [4.69, 9.17) is 9.47 Å². The van der Waals surface area contributed by atoms with E-state index in [1.54, 1.807) is 6.20 Å². The van der Waals surface area contributed by atoms with Crippen molar-refractivity contribution in [2.24, 2.45) is 5.41 Å². The van der Waals surface area contributed by atoms with E-state index >= 15 is 0 Å². The number of carbonyl (C=O) groups is 2. The van der Waals surface area contributed by atoms with Crippen molar-refractivity contribution in [1.29, 1.82) is 0 Å². The molecule has 6 nitrogen and oxygen atoms in total. The number of Topliss-reactive ketones (excluding diaryl/α,β-unsaturated/α-hetero) is 1. The first-order valence-corrected chi connectivity index (χ1v) is 10.1. The lowest BCUT2D eigenvalue weighted by molar-refractivity contribution is -0.141. The normalized spacial score (nSPS) is 21.2. The molecule has 0 saturated carbocycles. The van der Waals surface area contributed by atoms with Gasteiger partial charge in [-0.1, -0.05) is 19.9 Å². The third kappa shape index (κ3) is 4.75. The summed E-state index contributed by atoms with van der Waals surface area (Å²) in [5.74, 6) is -0.905. The summed E-state index contributed by atoms with van der Waals surface area (Å²) in [4.78, 5) is 30.6. The van der Waals surface area contributed by atoms with Crippen molar-refractivity contribution in [3.63, 3.8) is 0 Å². The highest BCUT2D eigenvalue weighted by Gasteiger charge is 2.43. The summed E-state index contributed by atoms with van der Waals surface area (Å²) in [5, 5.41) is 3.32. The minimum Gasteiger partial charge on any atom is -0.460 e. The molecule has 29 heavy (non-hydrogen) atoms. The molecule has 0 radical (unpaired) electrons. The first kappa shape index (κ1) is 21.2. The molecule has 0 saturated heterocycles. The van der Waals surface area contributed by atoms with Crippen LogP contribution in [-0.4, -0.2) is 36.1 Å². The number of pyridine rings is 1. The van der Waals surface area contributed by atoms with E-state index in [-0.39, 0.29) is 23.9 Å². The Bertz CT molecular complexity index is 853. The largest absolute Gasteiger partial charge is 0.460 e. The lowest BCUT2D eigenvalue weighted by atomic mass is 9.69. The molecule has 0 aromatic carbocycles. The first-order chi connectivity index (χ1) is 13.7. The average molecular weight is 399 g/mol. The van der Waals surface area contributed by atoms with E-state index in [9.17, 15) is 9.59 Å². The highest BCUT2D eigenvalue weighted by atomic mass is 16.6. The molecule has 1 aliphatic carbocycles. The van der Waals surface area contributed by atoms with Gasteiger partial charge in [-0.3, -0.25) is 9.78 Å². The smallest absolute Gasteiger partial charge is 0.336 e. The molecule has 1 aliphatic heterocycles. The molecule has 156 valence electrons. The van der Waals surface area contributed by atoms with Gasteiger partial charge in [-0.15, -0.1) is 0 Å². The molecule has 1 N–H and O–H groups in total. The Labute approximate surface area is 172 Å². The molecular formula is C23H30N2O4. The van der Waals surface area contributed by atoms with E-state index < -0.39 is 11.9 Å². The minimum absolute atomic E-state index is 0.0559. The molecule has 2 heterocycles. The fourth-order valence-electron chi connectivity index (χ4n) is 4.05. The number of nitrogens with zero attached hydrogens (tertiary/aromatic N) is 1. The summed E-state index contributed by atoms with van der Waals surface area (Å²) in [6.07, 6.45) is 2.95. The Kier molecular flexibility index (Phi) is 6.22. The van der Waals surface area contributed by atoms with E-state index in [1.165, 1.54) is 0 Å². The lowest BCUT2D eigenvalue weighted by Crippen LogP contribution is -2.39. The molecule has 2 aliphatic rings. The van der Waals surface area contributed by atoms with Crippen LogP contribution in [0.1, 0.15) is 59.1 Å². The number of rotatable bonds is 6. The van der Waals surface area contributed by atoms with Gasteiger partial charge in [-0.2, -0.15) is 0 Å². The maximum Gasteiger partial charge on any atom is 0.336 e. The van der Waals surface area contributed by atoms with Crippen molar-refractivity contribution >= 4 is 11.8 Å². The van der Waals surface area contributed by atoms with Gasteiger partial charge < -0.3 is 14.8 Å². The van der Waals surface area contributed by atoms with Gasteiger partial charge in [0.1, 0.15) is 6.61 Å². The monoisotopic (exact) mass is 398 g/mol. The number of dihydropyridines is 1. The Hall–Kier alpha value is -2.47. The van der Waals surface area contributed by atoms with Crippen LogP contribution < -0.4 is 5.32 Å². The number of allylic oxidation sites excluding steroid dienone is 3. The van der Waals surface area contributed by atoms with Crippen LogP contribution in [0.3, 0.4) is 0 Å². The summed E-state index contributed by atoms with van der Waals surface area (Å²) in [7, 11) is 0. The van der Waals surface area contributed by atoms with Crippen molar-refractivity contribution in [1.82, 2.24) is 10.3 Å². The van der Waals surface area contributed by atoms with Crippen molar-refractivity contribution in [3.8, 4) is 0 Å². The van der Waals surface area contributed by atoms with E-state index in [2.05, 4.69) is 24.1 Å². The zero-order valence-corrected chi connectivity index (χ0v) is 17.9. The van der Waals surface area contributed by atoms with Crippen molar-refractivity contribution < 1.29 is 19.1 Å². The van der Waals surface area contributed by atoms with Crippen LogP contribution in [0.5, 0.6) is 0 Å². The average Bonchev–Trinajstić information content (AvgIpc) is 2.63. The van der Waals surface area contributed by atoms with E-state index in [0.29, 0.717) is 35.6 Å². The summed E-state index contributed by atoms with van der Waals surface area (Å²) in [5.41, 5.74) is 3.24. The Morgan fingerprint density at radius 3 is 2.69 bits per heavy atom. The summed E-state index contributed by atoms with van der Waals surface area (Å²) in [6, 6.07) is 5.55. The Balaban J connectivity index is 1.95. The molecule has 0 amide bonds. The number of hydrogen-bond acceptors (Lipinski definition) is 6. The Morgan fingerprint density at radius 2 is 2.03 bits per heavy atom. The number of esters is 1. The highest BCUT2D eigenvalue weighted by Crippen LogP contribution is 2.46. The zero-order chi connectivity index (χ0) is 21.2. The predicted octanol–water partition coefficient (Wildman–Crippen LogP) is 3.65. The second-order valence-corrected chi connectivity index (χ2v) is 8.74. The fraction of sp³-hybridized carbons (Fsp3) is 0.522. The molecule has 0 unspecified atom stereocenters. The van der Waals surface area contributed by atoms with Crippen LogP contribution in [0.2, 0.25) is 0 Å². The van der Waals surface area contributed by atoms with E-state index in [1.807, 2.05) is 39.0 Å². The van der Waals surface area contributed by atoms with Gasteiger partial charge in [0, 0.05) is 29.6 Å². The van der Waals surface area contributed by atoms with E-state index in [0.717, 1.165) is 12.1 Å². The summed E-state index contributed by atoms with van der Waals surface area (Å²) in [6.45, 7) is 10.4. The maximum atomic E-state index is 13.1. The zero-order valence-electron chi connectivity index (χ0n) is 17.9. The summed E-state index contributed by atoms with van der Waals surface area (Å²) >= 11 is 0. The maximum absolute atomic E-state index is 13.1. The number of hydrogen-bond donors (Lipinski definition) is 1. The van der Waals surface area contributed by atoms with Crippen LogP contribution in [0, 0.1) is 5.41 Å². The van der Waals surface area contributed by atoms with Gasteiger partial charge in [-0.05, 0) is 44.7 Å². The SMILES string of the molecule is CC1=C(C(=O)OCCOC(C)C)[C@H](c2ccccn2)C2=C(CC(C)(C)CC2=O)N1. The van der Waals surface area contributed by atoms with Crippen LogP contribution in [0.15, 0.2) is 46.9 Å². The van der Waals surface area contributed by atoms with Gasteiger partial charge in [0.15, 0.2) is 5.78 Å². The number of ether oxygens (including phenoxy) is 2. The second-order valence-electron chi connectivity index (χ2n) is 8.74. The van der Waals surface area contributed by atoms with Crippen molar-refractivity contribution in [2.45, 2.75) is 59.5 Å². The molecule has 0 spiro atoms. The van der Waals surface area contributed by atoms with Crippen molar-refractivity contribution in [3.05, 3.63) is 52.6 Å². The number of aromatic nitrogens is 1. The predicted molar refractivity (Wildman–Crippen MR) is 110 cm³/mol. The standard InChI is InChI=1S/C23H30N2O4/c1-14(2)28-10-11-29-22(27)19-15(3)25-17-12-23(4,5)13-18(26)20(17)21(19)16-8-6-7-9-24-16/h6-9,14,21,25H,10-13H2,1-5H3/t21-/m0/s1. The number of ketones is 1. The molecule has 1 aromatic heterocycles. The molecule has 0 bridgehead atoms. The molecule has 1 atom stereocenters. The van der Waals surface area contributed by atoms with Gasteiger partial charge in [0.2, 0.25) is 0 Å². The van der Waals surface area contributed by atoms with Gasteiger partial charge >= 0.3 is 5.97 Å². The van der Waals surface area contributed by atoms with Gasteiger partial charge in [-0.25, -0.2) is 4.79 Å². The van der Waals surface area contributed by atoms with Gasteiger partial charge in [0.05, 0.1) is 29.9 Å². The lowest BCUT2D eigenvalue weighted by Gasteiger charge is -2.39. The molecule has 6 heteroatoms. The molecule has 1 aromatic rings. The van der Waals surface area contributed by atoms with Crippen LogP contribution in [0.25, 0.3) is 0 Å². The van der Waals surface area contributed by atoms with Crippen LogP contribution in [-0.2, 0) is 19.1 Å².